The minimum Gasteiger partial charge on any atom is -0.497 e. The van der Waals surface area contributed by atoms with Crippen LogP contribution in [0.4, 0.5) is 5.69 Å². The molecule has 0 atom stereocenters. The van der Waals surface area contributed by atoms with Crippen LogP contribution in [-0.4, -0.2) is 58.9 Å². The third-order valence-electron chi connectivity index (χ3n) is 5.81. The first-order chi connectivity index (χ1) is 14.4. The number of pyridine rings is 1. The van der Waals surface area contributed by atoms with Gasteiger partial charge in [0.25, 0.3) is 5.91 Å². The molecule has 1 aliphatic rings. The van der Waals surface area contributed by atoms with E-state index in [1.54, 1.807) is 11.8 Å². The highest BCUT2D eigenvalue weighted by atomic mass is 16.5. The number of hydrogen-bond donors (Lipinski definition) is 0. The van der Waals surface area contributed by atoms with E-state index in [0.717, 1.165) is 46.9 Å². The van der Waals surface area contributed by atoms with E-state index >= 15 is 0 Å². The predicted molar refractivity (Wildman–Crippen MR) is 118 cm³/mol. The molecule has 7 heteroatoms. The van der Waals surface area contributed by atoms with Crippen LogP contribution in [0.25, 0.3) is 11.0 Å². The fraction of sp³-hybridized carbons (Fsp3) is 0.435. The summed E-state index contributed by atoms with van der Waals surface area (Å²) in [6.45, 7) is 9.11. The van der Waals surface area contributed by atoms with Crippen LogP contribution in [0.2, 0.25) is 0 Å². The van der Waals surface area contributed by atoms with Crippen molar-refractivity contribution in [3.8, 4) is 5.75 Å². The molecule has 4 rings (SSSR count). The van der Waals surface area contributed by atoms with Gasteiger partial charge in [-0.3, -0.25) is 9.48 Å². The van der Waals surface area contributed by atoms with Gasteiger partial charge in [-0.15, -0.1) is 0 Å². The number of aryl methyl sites for hydroxylation is 2. The van der Waals surface area contributed by atoms with E-state index in [0.29, 0.717) is 18.7 Å². The van der Waals surface area contributed by atoms with E-state index in [9.17, 15) is 4.79 Å². The molecule has 1 saturated heterocycles. The lowest BCUT2D eigenvalue weighted by molar-refractivity contribution is 0.0748. The first-order valence-corrected chi connectivity index (χ1v) is 10.4. The van der Waals surface area contributed by atoms with Crippen molar-refractivity contribution in [1.82, 2.24) is 19.7 Å². The highest BCUT2D eigenvalue weighted by molar-refractivity contribution is 6.06. The van der Waals surface area contributed by atoms with Gasteiger partial charge in [0.05, 0.1) is 23.8 Å². The van der Waals surface area contributed by atoms with Crippen LogP contribution < -0.4 is 9.64 Å². The lowest BCUT2D eigenvalue weighted by Gasteiger charge is -2.36. The second-order valence-corrected chi connectivity index (χ2v) is 8.13. The normalized spacial score (nSPS) is 14.6. The van der Waals surface area contributed by atoms with Gasteiger partial charge in [0.15, 0.2) is 5.65 Å². The largest absolute Gasteiger partial charge is 0.497 e. The lowest BCUT2D eigenvalue weighted by atomic mass is 10.0. The summed E-state index contributed by atoms with van der Waals surface area (Å²) >= 11 is 0. The number of carbonyl (C=O) groups excluding carboxylic acids is 1. The summed E-state index contributed by atoms with van der Waals surface area (Å²) in [7, 11) is 3.55. The van der Waals surface area contributed by atoms with Crippen LogP contribution in [0.1, 0.15) is 41.5 Å². The standard InChI is InChI=1S/C23H29N5O2/c1-15(2)20-14-19(21-16(3)25-26(4)22(21)24-20)23(29)28-12-10-27(11-13-28)17-6-8-18(30-5)9-7-17/h6-9,14-15H,10-13H2,1-5H3. The number of carbonyl (C=O) groups is 1. The van der Waals surface area contributed by atoms with Crippen molar-refractivity contribution >= 4 is 22.6 Å². The van der Waals surface area contributed by atoms with E-state index in [1.807, 2.05) is 37.1 Å². The second-order valence-electron chi connectivity index (χ2n) is 8.13. The Bertz CT molecular complexity index is 1060. The van der Waals surface area contributed by atoms with E-state index in [1.165, 1.54) is 0 Å². The zero-order valence-corrected chi connectivity index (χ0v) is 18.3. The van der Waals surface area contributed by atoms with E-state index < -0.39 is 0 Å². The zero-order valence-electron chi connectivity index (χ0n) is 18.3. The molecule has 2 aromatic heterocycles. The first-order valence-electron chi connectivity index (χ1n) is 10.4. The van der Waals surface area contributed by atoms with Crippen LogP contribution in [-0.2, 0) is 7.05 Å². The molecule has 158 valence electrons. The molecule has 1 amide bonds. The number of aromatic nitrogens is 3. The van der Waals surface area contributed by atoms with Crippen molar-refractivity contribution in [2.24, 2.45) is 7.05 Å². The van der Waals surface area contributed by atoms with Crippen LogP contribution in [0, 0.1) is 6.92 Å². The number of fused-ring (bicyclic) bond motifs is 1. The Hall–Kier alpha value is -3.09. The smallest absolute Gasteiger partial charge is 0.254 e. The molecule has 1 aromatic carbocycles. The molecular weight excluding hydrogens is 378 g/mol. The van der Waals surface area contributed by atoms with Gasteiger partial charge in [0, 0.05) is 44.6 Å². The quantitative estimate of drug-likeness (QED) is 0.664. The Morgan fingerprint density at radius 3 is 2.37 bits per heavy atom. The second kappa shape index (κ2) is 7.97. The Labute approximate surface area is 177 Å². The summed E-state index contributed by atoms with van der Waals surface area (Å²) in [5.41, 5.74) is 4.41. The fourth-order valence-electron chi connectivity index (χ4n) is 4.06. The molecule has 3 aromatic rings. The summed E-state index contributed by atoms with van der Waals surface area (Å²) in [5.74, 6) is 1.15. The van der Waals surface area contributed by atoms with Gasteiger partial charge in [-0.1, -0.05) is 13.8 Å². The minimum atomic E-state index is 0.0646. The number of piperazine rings is 1. The van der Waals surface area contributed by atoms with Gasteiger partial charge in [0.1, 0.15) is 5.75 Å². The van der Waals surface area contributed by atoms with Gasteiger partial charge >= 0.3 is 0 Å². The number of amides is 1. The van der Waals surface area contributed by atoms with E-state index in [-0.39, 0.29) is 11.8 Å². The summed E-state index contributed by atoms with van der Waals surface area (Å²) in [4.78, 5) is 22.5. The van der Waals surface area contributed by atoms with Crippen LogP contribution >= 0.6 is 0 Å². The van der Waals surface area contributed by atoms with Crippen molar-refractivity contribution in [3.05, 3.63) is 47.3 Å². The topological polar surface area (TPSA) is 63.5 Å². The Morgan fingerprint density at radius 2 is 1.77 bits per heavy atom. The van der Waals surface area contributed by atoms with Crippen molar-refractivity contribution in [1.29, 1.82) is 0 Å². The molecule has 1 aliphatic heterocycles. The molecule has 7 nitrogen and oxygen atoms in total. The number of benzene rings is 1. The van der Waals surface area contributed by atoms with Crippen molar-refractivity contribution in [3.63, 3.8) is 0 Å². The van der Waals surface area contributed by atoms with E-state index in [4.69, 9.17) is 9.72 Å². The van der Waals surface area contributed by atoms with Gasteiger partial charge in [-0.05, 0) is 43.2 Å². The molecule has 0 radical (unpaired) electrons. The monoisotopic (exact) mass is 407 g/mol. The molecular formula is C23H29N5O2. The summed E-state index contributed by atoms with van der Waals surface area (Å²) in [6.07, 6.45) is 0. The van der Waals surface area contributed by atoms with Gasteiger partial charge in [-0.2, -0.15) is 5.10 Å². The third-order valence-corrected chi connectivity index (χ3v) is 5.81. The molecule has 3 heterocycles. The molecule has 0 unspecified atom stereocenters. The highest BCUT2D eigenvalue weighted by Gasteiger charge is 2.26. The molecule has 0 bridgehead atoms. The Balaban J connectivity index is 1.57. The number of hydrogen-bond acceptors (Lipinski definition) is 5. The van der Waals surface area contributed by atoms with Crippen molar-refractivity contribution in [2.75, 3.05) is 38.2 Å². The van der Waals surface area contributed by atoms with Crippen LogP contribution in [0.3, 0.4) is 0 Å². The first kappa shape index (κ1) is 20.2. The molecule has 1 fully saturated rings. The van der Waals surface area contributed by atoms with Gasteiger partial charge in [-0.25, -0.2) is 4.98 Å². The average molecular weight is 408 g/mol. The maximum absolute atomic E-state index is 13.5. The van der Waals surface area contributed by atoms with E-state index in [2.05, 4.69) is 36.0 Å². The molecule has 0 aliphatic carbocycles. The maximum Gasteiger partial charge on any atom is 0.254 e. The number of anilines is 1. The molecule has 0 saturated carbocycles. The number of ether oxygens (including phenoxy) is 1. The SMILES string of the molecule is COc1ccc(N2CCN(C(=O)c3cc(C(C)C)nc4c3c(C)nn4C)CC2)cc1. The van der Waals surface area contributed by atoms with Crippen molar-refractivity contribution < 1.29 is 9.53 Å². The predicted octanol–water partition coefficient (Wildman–Crippen LogP) is 3.37. The third kappa shape index (κ3) is 3.60. The zero-order chi connectivity index (χ0) is 21.4. The number of methoxy groups -OCH3 is 1. The molecule has 0 N–H and O–H groups in total. The Kier molecular flexibility index (Phi) is 5.37. The van der Waals surface area contributed by atoms with Gasteiger partial charge in [0.2, 0.25) is 0 Å². The molecule has 0 spiro atoms. The Morgan fingerprint density at radius 1 is 1.10 bits per heavy atom. The fourth-order valence-corrected chi connectivity index (χ4v) is 4.06. The number of nitrogens with zero attached hydrogens (tertiary/aromatic N) is 5. The maximum atomic E-state index is 13.5. The average Bonchev–Trinajstić information content (AvgIpc) is 3.06. The minimum absolute atomic E-state index is 0.0646. The lowest BCUT2D eigenvalue weighted by Crippen LogP contribution is -2.48. The molecule has 30 heavy (non-hydrogen) atoms. The number of rotatable bonds is 4. The van der Waals surface area contributed by atoms with Crippen molar-refractivity contribution in [2.45, 2.75) is 26.7 Å². The summed E-state index contributed by atoms with van der Waals surface area (Å²) < 4.78 is 7.02. The summed E-state index contributed by atoms with van der Waals surface area (Å²) in [5, 5.41) is 5.37. The summed E-state index contributed by atoms with van der Waals surface area (Å²) in [6, 6.07) is 10.0. The highest BCUT2D eigenvalue weighted by Crippen LogP contribution is 2.27. The van der Waals surface area contributed by atoms with Gasteiger partial charge < -0.3 is 14.5 Å². The van der Waals surface area contributed by atoms with Crippen LogP contribution in [0.15, 0.2) is 30.3 Å². The van der Waals surface area contributed by atoms with Crippen LogP contribution in [0.5, 0.6) is 5.75 Å².